The average Bonchev–Trinajstić information content (AvgIpc) is 3.08. The fraction of sp³-hybridized carbons (Fsp3) is 0.200. The first-order valence-corrected chi connectivity index (χ1v) is 9.79. The van der Waals surface area contributed by atoms with Crippen molar-refractivity contribution in [3.05, 3.63) is 66.0 Å². The van der Waals surface area contributed by atoms with Crippen LogP contribution in [0.3, 0.4) is 0 Å². The molecule has 1 heterocycles. The van der Waals surface area contributed by atoms with Gasteiger partial charge in [0.2, 0.25) is 5.91 Å². The van der Waals surface area contributed by atoms with E-state index in [1.807, 2.05) is 44.3 Å². The maximum Gasteiger partial charge on any atom is 0.335 e. The van der Waals surface area contributed by atoms with Crippen molar-refractivity contribution in [3.63, 3.8) is 0 Å². The summed E-state index contributed by atoms with van der Waals surface area (Å²) in [4.78, 5) is 23.2. The van der Waals surface area contributed by atoms with Gasteiger partial charge in [-0.3, -0.25) is 4.79 Å². The van der Waals surface area contributed by atoms with Crippen LogP contribution >= 0.6 is 11.8 Å². The molecule has 0 unspecified atom stereocenters. The Labute approximate surface area is 171 Å². The fourth-order valence-electron chi connectivity index (χ4n) is 2.62. The van der Waals surface area contributed by atoms with Crippen LogP contribution < -0.4 is 10.1 Å². The molecule has 2 aromatic carbocycles. The Morgan fingerprint density at radius 1 is 1.17 bits per heavy atom. The lowest BCUT2D eigenvalue weighted by molar-refractivity contribution is -0.113. The third-order valence-electron chi connectivity index (χ3n) is 4.01. The number of aromatic nitrogens is 3. The summed E-state index contributed by atoms with van der Waals surface area (Å²) in [6.07, 6.45) is -0.308. The predicted molar refractivity (Wildman–Crippen MR) is 109 cm³/mol. The van der Waals surface area contributed by atoms with Crippen LogP contribution in [0.25, 0.3) is 0 Å². The van der Waals surface area contributed by atoms with Gasteiger partial charge in [-0.15, -0.1) is 10.2 Å². The number of benzene rings is 2. The van der Waals surface area contributed by atoms with Gasteiger partial charge in [-0.25, -0.2) is 4.79 Å². The number of carbonyl (C=O) groups excluding carboxylic acids is 1. The summed E-state index contributed by atoms with van der Waals surface area (Å²) in [6, 6.07) is 15.5. The van der Waals surface area contributed by atoms with Crippen molar-refractivity contribution >= 4 is 29.3 Å². The second-order valence-electron chi connectivity index (χ2n) is 6.20. The molecule has 0 saturated carbocycles. The highest BCUT2D eigenvalue weighted by Gasteiger charge is 2.18. The van der Waals surface area contributed by atoms with Crippen LogP contribution in [0.5, 0.6) is 5.75 Å². The van der Waals surface area contributed by atoms with E-state index in [-0.39, 0.29) is 23.3 Å². The largest absolute Gasteiger partial charge is 0.483 e. The quantitative estimate of drug-likeness (QED) is 0.546. The monoisotopic (exact) mass is 412 g/mol. The van der Waals surface area contributed by atoms with Gasteiger partial charge < -0.3 is 19.7 Å². The first-order chi connectivity index (χ1) is 13.9. The van der Waals surface area contributed by atoms with E-state index in [4.69, 9.17) is 9.84 Å². The minimum absolute atomic E-state index is 0.108. The van der Waals surface area contributed by atoms with Gasteiger partial charge in [0.05, 0.1) is 11.3 Å². The molecule has 0 spiro atoms. The van der Waals surface area contributed by atoms with Crippen molar-refractivity contribution in [2.24, 2.45) is 7.05 Å². The molecule has 29 heavy (non-hydrogen) atoms. The molecule has 0 fully saturated rings. The number of nitrogens with zero attached hydrogens (tertiary/aromatic N) is 3. The van der Waals surface area contributed by atoms with Crippen LogP contribution in [-0.2, 0) is 11.8 Å². The number of para-hydroxylation sites is 1. The van der Waals surface area contributed by atoms with Gasteiger partial charge in [0.25, 0.3) is 0 Å². The number of rotatable bonds is 8. The minimum Gasteiger partial charge on any atom is -0.483 e. The van der Waals surface area contributed by atoms with Crippen molar-refractivity contribution in [2.45, 2.75) is 18.2 Å². The normalized spacial score (nSPS) is 11.7. The third kappa shape index (κ3) is 5.35. The molecule has 2 N–H and O–H groups in total. The molecule has 1 aromatic heterocycles. The second-order valence-corrected chi connectivity index (χ2v) is 7.14. The number of anilines is 1. The molecule has 1 amide bonds. The summed E-state index contributed by atoms with van der Waals surface area (Å²) in [5.41, 5.74) is 0.542. The van der Waals surface area contributed by atoms with E-state index in [2.05, 4.69) is 15.5 Å². The number of hydrogen-bond donors (Lipinski definition) is 2. The number of nitrogens with one attached hydrogen (secondary N) is 1. The van der Waals surface area contributed by atoms with Crippen LogP contribution in [-0.4, -0.2) is 37.5 Å². The van der Waals surface area contributed by atoms with Crippen LogP contribution in [0.2, 0.25) is 0 Å². The molecule has 0 aliphatic heterocycles. The number of amides is 1. The molecule has 0 radical (unpaired) electrons. The Morgan fingerprint density at radius 2 is 1.93 bits per heavy atom. The molecule has 0 bridgehead atoms. The van der Waals surface area contributed by atoms with Crippen molar-refractivity contribution in [2.75, 3.05) is 11.1 Å². The second kappa shape index (κ2) is 9.24. The summed E-state index contributed by atoms with van der Waals surface area (Å²) < 4.78 is 7.66. The lowest BCUT2D eigenvalue weighted by Crippen LogP contribution is -2.15. The van der Waals surface area contributed by atoms with E-state index < -0.39 is 5.97 Å². The smallest absolute Gasteiger partial charge is 0.335 e. The summed E-state index contributed by atoms with van der Waals surface area (Å²) in [7, 11) is 1.82. The predicted octanol–water partition coefficient (Wildman–Crippen LogP) is 3.38. The van der Waals surface area contributed by atoms with Gasteiger partial charge >= 0.3 is 5.97 Å². The molecule has 0 saturated heterocycles. The summed E-state index contributed by atoms with van der Waals surface area (Å²) in [6.45, 7) is 1.88. The van der Waals surface area contributed by atoms with Gasteiger partial charge in [0.15, 0.2) is 17.1 Å². The Morgan fingerprint density at radius 3 is 2.66 bits per heavy atom. The van der Waals surface area contributed by atoms with Gasteiger partial charge in [0.1, 0.15) is 5.75 Å². The highest BCUT2D eigenvalue weighted by atomic mass is 32.2. The van der Waals surface area contributed by atoms with Crippen molar-refractivity contribution in [1.29, 1.82) is 0 Å². The first kappa shape index (κ1) is 20.4. The zero-order chi connectivity index (χ0) is 20.8. The van der Waals surface area contributed by atoms with Gasteiger partial charge in [-0.1, -0.05) is 36.0 Å². The van der Waals surface area contributed by atoms with Crippen LogP contribution in [0.1, 0.15) is 29.2 Å². The van der Waals surface area contributed by atoms with Crippen LogP contribution in [0, 0.1) is 0 Å². The number of carbonyl (C=O) groups is 2. The Bertz CT molecular complexity index is 1010. The number of carboxylic acid groups (broad SMARTS) is 1. The minimum atomic E-state index is -1.05. The first-order valence-electron chi connectivity index (χ1n) is 8.81. The van der Waals surface area contributed by atoms with Crippen LogP contribution in [0.15, 0.2) is 59.8 Å². The highest BCUT2D eigenvalue weighted by Crippen LogP contribution is 2.23. The van der Waals surface area contributed by atoms with E-state index in [1.165, 1.54) is 23.9 Å². The standard InChI is InChI=1S/C20H20N4O4S/c1-13(28-16-9-4-3-5-10-16)18-22-23-20(24(18)2)29-12-17(25)21-15-8-6-7-14(11-15)19(26)27/h3-11,13H,12H2,1-2H3,(H,21,25)(H,26,27)/t13-/m1/s1. The lowest BCUT2D eigenvalue weighted by Gasteiger charge is -2.14. The number of aromatic carboxylic acids is 1. The molecular formula is C20H20N4O4S. The molecule has 9 heteroatoms. The topological polar surface area (TPSA) is 106 Å². The average molecular weight is 412 g/mol. The van der Waals surface area contributed by atoms with E-state index in [0.29, 0.717) is 16.7 Å². The summed E-state index contributed by atoms with van der Waals surface area (Å²) in [5.74, 6) is 0.174. The Balaban J connectivity index is 1.58. The van der Waals surface area contributed by atoms with Crippen molar-refractivity contribution in [3.8, 4) is 5.75 Å². The molecule has 1 atom stereocenters. The lowest BCUT2D eigenvalue weighted by atomic mass is 10.2. The molecule has 8 nitrogen and oxygen atoms in total. The highest BCUT2D eigenvalue weighted by molar-refractivity contribution is 7.99. The van der Waals surface area contributed by atoms with Crippen molar-refractivity contribution in [1.82, 2.24) is 14.8 Å². The molecule has 0 aliphatic rings. The molecule has 150 valence electrons. The molecule has 3 rings (SSSR count). The number of carboxylic acids is 1. The maximum absolute atomic E-state index is 12.2. The SMILES string of the molecule is C[C@@H](Oc1ccccc1)c1nnc(SCC(=O)Nc2cccc(C(=O)O)c2)n1C. The van der Waals surface area contributed by atoms with Gasteiger partial charge in [0, 0.05) is 12.7 Å². The molecule has 3 aromatic rings. The van der Waals surface area contributed by atoms with E-state index in [9.17, 15) is 9.59 Å². The molecule has 0 aliphatic carbocycles. The Hall–Kier alpha value is -3.33. The van der Waals surface area contributed by atoms with E-state index in [0.717, 1.165) is 5.75 Å². The third-order valence-corrected chi connectivity index (χ3v) is 5.03. The maximum atomic E-state index is 12.2. The fourth-order valence-corrected chi connectivity index (χ4v) is 3.34. The van der Waals surface area contributed by atoms with E-state index in [1.54, 1.807) is 16.7 Å². The van der Waals surface area contributed by atoms with Crippen molar-refractivity contribution < 1.29 is 19.4 Å². The number of thioether (sulfide) groups is 1. The number of ether oxygens (including phenoxy) is 1. The zero-order valence-electron chi connectivity index (χ0n) is 15.9. The Kier molecular flexibility index (Phi) is 6.50. The van der Waals surface area contributed by atoms with E-state index >= 15 is 0 Å². The number of hydrogen-bond acceptors (Lipinski definition) is 6. The van der Waals surface area contributed by atoms with Gasteiger partial charge in [-0.2, -0.15) is 0 Å². The molecular weight excluding hydrogens is 392 g/mol. The zero-order valence-corrected chi connectivity index (χ0v) is 16.7. The summed E-state index contributed by atoms with van der Waals surface area (Å²) in [5, 5.41) is 20.6. The van der Waals surface area contributed by atoms with Gasteiger partial charge in [-0.05, 0) is 37.3 Å². The summed E-state index contributed by atoms with van der Waals surface area (Å²) >= 11 is 1.23. The van der Waals surface area contributed by atoms with Crippen LogP contribution in [0.4, 0.5) is 5.69 Å².